The number of aromatic nitrogens is 1. The maximum absolute atomic E-state index is 14.8. The molecule has 4 aromatic rings. The van der Waals surface area contributed by atoms with Crippen molar-refractivity contribution >= 4 is 17.5 Å². The molecule has 214 valence electrons. The SMILES string of the molecule is Cc1ccccc1C[C@@](NC(=O)c1ccc(F)c(C(F)(F)F)c1)(c1cc(F)cc(C(F)(F)F)c1)c1ccc(Cl)cn1. The molecule has 1 aromatic heterocycles. The molecule has 4 rings (SSSR count). The molecule has 3 aromatic carbocycles. The number of amides is 1. The lowest BCUT2D eigenvalue weighted by Gasteiger charge is -2.36. The van der Waals surface area contributed by atoms with Crippen LogP contribution < -0.4 is 5.32 Å². The van der Waals surface area contributed by atoms with Crippen LogP contribution in [0.25, 0.3) is 0 Å². The molecule has 1 amide bonds. The van der Waals surface area contributed by atoms with Gasteiger partial charge in [-0.2, -0.15) is 26.3 Å². The minimum atomic E-state index is -5.14. The predicted octanol–water partition coefficient (Wildman–Crippen LogP) is 8.28. The molecule has 0 saturated carbocycles. The topological polar surface area (TPSA) is 42.0 Å². The van der Waals surface area contributed by atoms with Crippen LogP contribution in [0.3, 0.4) is 0 Å². The molecule has 0 unspecified atom stereocenters. The largest absolute Gasteiger partial charge is 0.419 e. The van der Waals surface area contributed by atoms with E-state index in [1.807, 2.05) is 0 Å². The molecular formula is C29H19ClF8N2O. The lowest BCUT2D eigenvalue weighted by Crippen LogP contribution is -2.49. The van der Waals surface area contributed by atoms with Gasteiger partial charge < -0.3 is 5.32 Å². The number of aryl methyl sites for hydroxylation is 1. The molecule has 0 radical (unpaired) electrons. The van der Waals surface area contributed by atoms with Crippen molar-refractivity contribution in [3.63, 3.8) is 0 Å². The van der Waals surface area contributed by atoms with Crippen LogP contribution in [0.1, 0.15) is 43.9 Å². The number of nitrogens with zero attached hydrogens (tertiary/aromatic N) is 1. The fraction of sp³-hybridized carbons (Fsp3) is 0.172. The summed E-state index contributed by atoms with van der Waals surface area (Å²) in [4.78, 5) is 17.7. The third-order valence-corrected chi connectivity index (χ3v) is 6.68. The number of pyridine rings is 1. The van der Waals surface area contributed by atoms with Crippen LogP contribution in [0.5, 0.6) is 0 Å². The van der Waals surface area contributed by atoms with E-state index < -0.39 is 57.7 Å². The van der Waals surface area contributed by atoms with Gasteiger partial charge in [-0.1, -0.05) is 35.9 Å². The van der Waals surface area contributed by atoms with Crippen molar-refractivity contribution in [3.05, 3.63) is 135 Å². The monoisotopic (exact) mass is 598 g/mol. The van der Waals surface area contributed by atoms with Gasteiger partial charge >= 0.3 is 12.4 Å². The summed E-state index contributed by atoms with van der Waals surface area (Å²) in [6.45, 7) is 1.69. The third kappa shape index (κ3) is 6.51. The first-order chi connectivity index (χ1) is 19.1. The first-order valence-electron chi connectivity index (χ1n) is 11.8. The Bertz CT molecular complexity index is 1590. The van der Waals surface area contributed by atoms with Gasteiger partial charge in [0.05, 0.1) is 21.8 Å². The van der Waals surface area contributed by atoms with Crippen molar-refractivity contribution in [2.24, 2.45) is 0 Å². The normalized spacial score (nSPS) is 13.5. The van der Waals surface area contributed by atoms with E-state index >= 15 is 0 Å². The Hall–Kier alpha value is -3.99. The van der Waals surface area contributed by atoms with Crippen molar-refractivity contribution in [1.29, 1.82) is 0 Å². The van der Waals surface area contributed by atoms with Gasteiger partial charge in [0.15, 0.2) is 0 Å². The molecule has 0 fully saturated rings. The van der Waals surface area contributed by atoms with Gasteiger partial charge in [-0.05, 0) is 72.1 Å². The van der Waals surface area contributed by atoms with Crippen LogP contribution in [0, 0.1) is 18.6 Å². The Balaban J connectivity index is 2.00. The van der Waals surface area contributed by atoms with Crippen LogP contribution in [-0.4, -0.2) is 10.9 Å². The summed E-state index contributed by atoms with van der Waals surface area (Å²) in [5.41, 5.74) is -5.14. The Morgan fingerprint density at radius 3 is 2.15 bits per heavy atom. The number of benzene rings is 3. The van der Waals surface area contributed by atoms with E-state index in [9.17, 15) is 39.9 Å². The second-order valence-electron chi connectivity index (χ2n) is 9.24. The summed E-state index contributed by atoms with van der Waals surface area (Å²) in [6, 6.07) is 12.5. The second kappa shape index (κ2) is 11.1. The highest BCUT2D eigenvalue weighted by molar-refractivity contribution is 6.30. The van der Waals surface area contributed by atoms with Crippen molar-refractivity contribution in [2.45, 2.75) is 31.2 Å². The summed E-state index contributed by atoms with van der Waals surface area (Å²) in [7, 11) is 0. The highest BCUT2D eigenvalue weighted by atomic mass is 35.5. The fourth-order valence-electron chi connectivity index (χ4n) is 4.39. The molecule has 3 nitrogen and oxygen atoms in total. The third-order valence-electron chi connectivity index (χ3n) is 6.46. The smallest absolute Gasteiger partial charge is 0.337 e. The average molecular weight is 599 g/mol. The van der Waals surface area contributed by atoms with E-state index in [1.165, 1.54) is 12.1 Å². The van der Waals surface area contributed by atoms with Crippen molar-refractivity contribution < 1.29 is 39.9 Å². The van der Waals surface area contributed by atoms with Crippen LogP contribution in [0.2, 0.25) is 5.02 Å². The fourth-order valence-corrected chi connectivity index (χ4v) is 4.50. The van der Waals surface area contributed by atoms with E-state index in [0.717, 1.165) is 18.3 Å². The number of halogens is 9. The maximum Gasteiger partial charge on any atom is 0.419 e. The molecule has 1 heterocycles. The number of hydrogen-bond acceptors (Lipinski definition) is 2. The van der Waals surface area contributed by atoms with Crippen LogP contribution in [0.4, 0.5) is 35.1 Å². The summed E-state index contributed by atoms with van der Waals surface area (Å²) in [6.07, 6.45) is -9.27. The van der Waals surface area contributed by atoms with Gasteiger partial charge in [-0.3, -0.25) is 9.78 Å². The number of rotatable bonds is 6. The van der Waals surface area contributed by atoms with E-state index in [2.05, 4.69) is 10.3 Å². The molecule has 41 heavy (non-hydrogen) atoms. The summed E-state index contributed by atoms with van der Waals surface area (Å²) in [5.74, 6) is -4.12. The highest BCUT2D eigenvalue weighted by Crippen LogP contribution is 2.39. The average Bonchev–Trinajstić information content (AvgIpc) is 2.88. The zero-order chi connectivity index (χ0) is 30.2. The molecule has 0 aliphatic carbocycles. The van der Waals surface area contributed by atoms with Gasteiger partial charge in [-0.15, -0.1) is 0 Å². The van der Waals surface area contributed by atoms with Crippen molar-refractivity contribution in [3.8, 4) is 0 Å². The van der Waals surface area contributed by atoms with Crippen LogP contribution >= 0.6 is 11.6 Å². The molecule has 0 aliphatic rings. The summed E-state index contributed by atoms with van der Waals surface area (Å²) in [5, 5.41) is 2.64. The number of hydrogen-bond donors (Lipinski definition) is 1. The number of carbonyl (C=O) groups is 1. The zero-order valence-electron chi connectivity index (χ0n) is 21.0. The van der Waals surface area contributed by atoms with Crippen LogP contribution in [-0.2, 0) is 24.3 Å². The molecule has 0 bridgehead atoms. The van der Waals surface area contributed by atoms with E-state index in [4.69, 9.17) is 11.6 Å². The summed E-state index contributed by atoms with van der Waals surface area (Å²) < 4.78 is 110. The highest BCUT2D eigenvalue weighted by Gasteiger charge is 2.42. The minimum absolute atomic E-state index is 0.0876. The van der Waals surface area contributed by atoms with Gasteiger partial charge in [0.25, 0.3) is 5.91 Å². The molecule has 1 atom stereocenters. The van der Waals surface area contributed by atoms with Crippen molar-refractivity contribution in [2.75, 3.05) is 0 Å². The number of nitrogens with one attached hydrogen (secondary N) is 1. The Morgan fingerprint density at radius 2 is 1.54 bits per heavy atom. The van der Waals surface area contributed by atoms with Crippen LogP contribution in [0.15, 0.2) is 79.0 Å². The predicted molar refractivity (Wildman–Crippen MR) is 135 cm³/mol. The Kier molecular flexibility index (Phi) is 8.13. The van der Waals surface area contributed by atoms with E-state index in [1.54, 1.807) is 31.2 Å². The molecular weight excluding hydrogens is 580 g/mol. The van der Waals surface area contributed by atoms with Gasteiger partial charge in [0.2, 0.25) is 0 Å². The zero-order valence-corrected chi connectivity index (χ0v) is 21.7. The standard InChI is InChI=1S/C29H19ClF8N2O/c1-16-4-2-3-5-18(16)14-27(25-9-7-21(30)15-39-25,19-11-20(28(33,34)35)13-22(31)12-19)40-26(41)17-6-8-24(32)23(10-17)29(36,37)38/h2-13,15H,14H2,1H3,(H,40,41)/t27-/m1/s1. The number of carbonyl (C=O) groups excluding carboxylic acids is 1. The summed E-state index contributed by atoms with van der Waals surface area (Å²) >= 11 is 5.98. The lowest BCUT2D eigenvalue weighted by molar-refractivity contribution is -0.140. The van der Waals surface area contributed by atoms with Gasteiger partial charge in [0, 0.05) is 18.2 Å². The minimum Gasteiger partial charge on any atom is -0.337 e. The molecule has 1 N–H and O–H groups in total. The van der Waals surface area contributed by atoms with E-state index in [0.29, 0.717) is 23.3 Å². The lowest BCUT2D eigenvalue weighted by atomic mass is 9.78. The Morgan fingerprint density at radius 1 is 0.854 bits per heavy atom. The molecule has 12 heteroatoms. The Labute approximate surface area is 233 Å². The van der Waals surface area contributed by atoms with Gasteiger partial charge in [0.1, 0.15) is 17.2 Å². The quantitative estimate of drug-likeness (QED) is 0.227. The first kappa shape index (κ1) is 30.0. The molecule has 0 saturated heterocycles. The van der Waals surface area contributed by atoms with Gasteiger partial charge in [-0.25, -0.2) is 8.78 Å². The second-order valence-corrected chi connectivity index (χ2v) is 9.68. The molecule has 0 aliphatic heterocycles. The maximum atomic E-state index is 14.8. The molecule has 0 spiro atoms. The van der Waals surface area contributed by atoms with Crippen molar-refractivity contribution in [1.82, 2.24) is 10.3 Å². The number of alkyl halides is 6. The first-order valence-corrected chi connectivity index (χ1v) is 12.2. The van der Waals surface area contributed by atoms with E-state index in [-0.39, 0.29) is 29.3 Å².